The number of rotatable bonds is 5. The van der Waals surface area contributed by atoms with Gasteiger partial charge in [0.2, 0.25) is 0 Å². The van der Waals surface area contributed by atoms with Crippen molar-refractivity contribution in [2.45, 2.75) is 25.8 Å². The molecule has 0 spiro atoms. The maximum atomic E-state index is 13.0. The van der Waals surface area contributed by atoms with Crippen LogP contribution in [0.2, 0.25) is 0 Å². The van der Waals surface area contributed by atoms with E-state index < -0.39 is 0 Å². The molecule has 8 heteroatoms. The molecule has 1 aromatic carbocycles. The Balaban J connectivity index is 1.62. The minimum Gasteiger partial charge on any atom is -0.496 e. The molecule has 0 aliphatic carbocycles. The summed E-state index contributed by atoms with van der Waals surface area (Å²) in [5.41, 5.74) is 0.688. The number of carbonyl (C=O) groups excluding carboxylic acids is 2. The average molecular weight is 373 g/mol. The van der Waals surface area contributed by atoms with Crippen LogP contribution in [0, 0.1) is 6.92 Å². The van der Waals surface area contributed by atoms with Gasteiger partial charge in [-0.25, -0.2) is 0 Å². The number of piperidine rings is 1. The monoisotopic (exact) mass is 373 g/mol. The van der Waals surface area contributed by atoms with Gasteiger partial charge < -0.3 is 24.2 Å². The summed E-state index contributed by atoms with van der Waals surface area (Å²) in [4.78, 5) is 26.9. The van der Waals surface area contributed by atoms with E-state index in [0.29, 0.717) is 48.8 Å². The van der Waals surface area contributed by atoms with Gasteiger partial charge in [-0.15, -0.1) is 0 Å². The van der Waals surface area contributed by atoms with Gasteiger partial charge in [-0.1, -0.05) is 11.2 Å². The van der Waals surface area contributed by atoms with Crippen molar-refractivity contribution in [3.05, 3.63) is 41.3 Å². The highest BCUT2D eigenvalue weighted by Crippen LogP contribution is 2.30. The molecule has 27 heavy (non-hydrogen) atoms. The minimum atomic E-state index is -0.261. The Hall–Kier alpha value is -3.03. The molecular formula is C19H23N3O5. The minimum absolute atomic E-state index is 0.0156. The molecule has 0 radical (unpaired) electrons. The zero-order chi connectivity index (χ0) is 19.4. The molecular weight excluding hydrogens is 350 g/mol. The molecule has 144 valence electrons. The molecule has 1 N–H and O–H groups in total. The van der Waals surface area contributed by atoms with Crippen molar-refractivity contribution >= 4 is 11.8 Å². The van der Waals surface area contributed by atoms with E-state index in [1.165, 1.54) is 14.2 Å². The Kier molecular flexibility index (Phi) is 5.63. The number of amides is 2. The molecule has 0 bridgehead atoms. The predicted octanol–water partition coefficient (Wildman–Crippen LogP) is 2.03. The number of ether oxygens (including phenoxy) is 2. The molecule has 2 amide bonds. The Labute approximate surface area is 157 Å². The maximum absolute atomic E-state index is 13.0. The van der Waals surface area contributed by atoms with Crippen LogP contribution in [0.25, 0.3) is 0 Å². The number of nitrogens with zero attached hydrogens (tertiary/aromatic N) is 2. The molecule has 2 heterocycles. The number of likely N-dealkylation sites (tertiary alicyclic amines) is 1. The Morgan fingerprint density at radius 3 is 2.33 bits per heavy atom. The topological polar surface area (TPSA) is 93.9 Å². The summed E-state index contributed by atoms with van der Waals surface area (Å²) in [6.45, 7) is 2.80. The fraction of sp³-hybridized carbons (Fsp3) is 0.421. The quantitative estimate of drug-likeness (QED) is 0.862. The summed E-state index contributed by atoms with van der Waals surface area (Å²) in [5, 5.41) is 6.67. The number of hydrogen-bond acceptors (Lipinski definition) is 6. The fourth-order valence-corrected chi connectivity index (χ4v) is 3.18. The number of carbonyl (C=O) groups is 2. The Bertz CT molecular complexity index is 802. The second-order valence-electron chi connectivity index (χ2n) is 6.40. The van der Waals surface area contributed by atoms with E-state index in [-0.39, 0.29) is 23.6 Å². The molecule has 2 aromatic rings. The van der Waals surface area contributed by atoms with Crippen LogP contribution in [0.5, 0.6) is 11.5 Å². The van der Waals surface area contributed by atoms with Crippen molar-refractivity contribution in [2.24, 2.45) is 0 Å². The SMILES string of the molecule is COc1cccc(OC)c1C(=O)N1CCC(NC(=O)c2cc(C)on2)CC1. The van der Waals surface area contributed by atoms with Crippen molar-refractivity contribution in [3.8, 4) is 11.5 Å². The molecule has 0 atom stereocenters. The second kappa shape index (κ2) is 8.11. The van der Waals surface area contributed by atoms with Crippen molar-refractivity contribution < 1.29 is 23.6 Å². The van der Waals surface area contributed by atoms with Gasteiger partial charge in [0.1, 0.15) is 22.8 Å². The van der Waals surface area contributed by atoms with Gasteiger partial charge in [0.25, 0.3) is 11.8 Å². The van der Waals surface area contributed by atoms with Gasteiger partial charge in [-0.05, 0) is 31.9 Å². The van der Waals surface area contributed by atoms with Crippen LogP contribution in [-0.2, 0) is 0 Å². The molecule has 0 saturated carbocycles. The van der Waals surface area contributed by atoms with E-state index in [4.69, 9.17) is 14.0 Å². The van der Waals surface area contributed by atoms with Crippen LogP contribution >= 0.6 is 0 Å². The first kappa shape index (κ1) is 18.8. The summed E-state index contributed by atoms with van der Waals surface area (Å²) in [5.74, 6) is 1.16. The number of hydrogen-bond donors (Lipinski definition) is 1. The van der Waals surface area contributed by atoms with E-state index in [1.54, 1.807) is 36.1 Å². The number of methoxy groups -OCH3 is 2. The van der Waals surface area contributed by atoms with E-state index in [1.807, 2.05) is 0 Å². The molecule has 1 saturated heterocycles. The highest BCUT2D eigenvalue weighted by Gasteiger charge is 2.28. The lowest BCUT2D eigenvalue weighted by Gasteiger charge is -2.32. The van der Waals surface area contributed by atoms with E-state index in [2.05, 4.69) is 10.5 Å². The van der Waals surface area contributed by atoms with Gasteiger partial charge >= 0.3 is 0 Å². The molecule has 3 rings (SSSR count). The van der Waals surface area contributed by atoms with E-state index in [9.17, 15) is 9.59 Å². The van der Waals surface area contributed by atoms with Crippen LogP contribution in [0.1, 0.15) is 39.4 Å². The lowest BCUT2D eigenvalue weighted by molar-refractivity contribution is 0.0691. The highest BCUT2D eigenvalue weighted by molar-refractivity contribution is 5.99. The van der Waals surface area contributed by atoms with Crippen LogP contribution < -0.4 is 14.8 Å². The van der Waals surface area contributed by atoms with Crippen molar-refractivity contribution in [2.75, 3.05) is 27.3 Å². The average Bonchev–Trinajstić information content (AvgIpc) is 3.13. The van der Waals surface area contributed by atoms with Crippen LogP contribution in [0.3, 0.4) is 0 Å². The van der Waals surface area contributed by atoms with E-state index in [0.717, 1.165) is 0 Å². The first-order valence-electron chi connectivity index (χ1n) is 8.78. The second-order valence-corrected chi connectivity index (χ2v) is 6.40. The van der Waals surface area contributed by atoms with Gasteiger partial charge in [-0.2, -0.15) is 0 Å². The molecule has 1 aliphatic rings. The number of aryl methyl sites for hydroxylation is 1. The molecule has 0 unspecified atom stereocenters. The maximum Gasteiger partial charge on any atom is 0.273 e. The largest absolute Gasteiger partial charge is 0.496 e. The summed E-state index contributed by atoms with van der Waals surface area (Å²) in [6, 6.07) is 6.84. The standard InChI is InChI=1S/C19H23N3O5/c1-12-11-14(21-27-12)18(23)20-13-7-9-22(10-8-13)19(24)17-15(25-2)5-4-6-16(17)26-3/h4-6,11,13H,7-10H2,1-3H3,(H,20,23). The summed E-state index contributed by atoms with van der Waals surface area (Å²) in [6.07, 6.45) is 1.32. The number of nitrogens with one attached hydrogen (secondary N) is 1. The van der Waals surface area contributed by atoms with Crippen LogP contribution in [-0.4, -0.2) is 55.2 Å². The zero-order valence-electron chi connectivity index (χ0n) is 15.7. The molecule has 8 nitrogen and oxygen atoms in total. The third-order valence-electron chi connectivity index (χ3n) is 4.62. The van der Waals surface area contributed by atoms with Gasteiger partial charge in [0.15, 0.2) is 5.69 Å². The van der Waals surface area contributed by atoms with Crippen molar-refractivity contribution in [3.63, 3.8) is 0 Å². The number of aromatic nitrogens is 1. The van der Waals surface area contributed by atoms with Crippen molar-refractivity contribution in [1.82, 2.24) is 15.4 Å². The van der Waals surface area contributed by atoms with Crippen LogP contribution in [0.15, 0.2) is 28.8 Å². The summed E-state index contributed by atoms with van der Waals surface area (Å²) >= 11 is 0. The van der Waals surface area contributed by atoms with E-state index >= 15 is 0 Å². The Morgan fingerprint density at radius 1 is 1.19 bits per heavy atom. The van der Waals surface area contributed by atoms with Gasteiger partial charge in [-0.3, -0.25) is 9.59 Å². The first-order chi connectivity index (χ1) is 13.0. The summed E-state index contributed by atoms with van der Waals surface area (Å²) in [7, 11) is 3.05. The lowest BCUT2D eigenvalue weighted by Crippen LogP contribution is -2.46. The third kappa shape index (κ3) is 4.05. The smallest absolute Gasteiger partial charge is 0.273 e. The third-order valence-corrected chi connectivity index (χ3v) is 4.62. The highest BCUT2D eigenvalue weighted by atomic mass is 16.5. The summed E-state index contributed by atoms with van der Waals surface area (Å²) < 4.78 is 15.6. The van der Waals surface area contributed by atoms with Gasteiger partial charge in [0, 0.05) is 25.2 Å². The predicted molar refractivity (Wildman–Crippen MR) is 97.2 cm³/mol. The molecule has 1 aliphatic heterocycles. The van der Waals surface area contributed by atoms with Gasteiger partial charge in [0.05, 0.1) is 14.2 Å². The molecule has 1 fully saturated rings. The fourth-order valence-electron chi connectivity index (χ4n) is 3.18. The number of benzene rings is 1. The van der Waals surface area contributed by atoms with Crippen LogP contribution in [0.4, 0.5) is 0 Å². The zero-order valence-corrected chi connectivity index (χ0v) is 15.7. The first-order valence-corrected chi connectivity index (χ1v) is 8.78. The lowest BCUT2D eigenvalue weighted by atomic mass is 10.0. The Morgan fingerprint density at radius 2 is 1.81 bits per heavy atom. The normalized spacial score (nSPS) is 14.7. The van der Waals surface area contributed by atoms with Crippen molar-refractivity contribution in [1.29, 1.82) is 0 Å². The molecule has 1 aromatic heterocycles.